The number of thiocarbonyl (C=S) groups is 1. The fraction of sp³-hybridized carbons (Fsp3) is 0.250. The number of hydrogen-bond acceptors (Lipinski definition) is 9. The maximum atomic E-state index is 12.5. The van der Waals surface area contributed by atoms with E-state index in [0.717, 1.165) is 11.8 Å². The first-order valence-electron chi connectivity index (χ1n) is 7.38. The van der Waals surface area contributed by atoms with Crippen LogP contribution in [0.2, 0.25) is 0 Å². The minimum Gasteiger partial charge on any atom is -0.550 e. The third-order valence-corrected chi connectivity index (χ3v) is 4.68. The van der Waals surface area contributed by atoms with Crippen molar-refractivity contribution in [2.75, 3.05) is 6.61 Å². The number of rotatable bonds is 7. The Labute approximate surface area is 158 Å². The lowest BCUT2D eigenvalue weighted by Crippen LogP contribution is -2.52. The zero-order valence-electron chi connectivity index (χ0n) is 13.5. The molecule has 1 aliphatic rings. The van der Waals surface area contributed by atoms with E-state index in [4.69, 9.17) is 17.0 Å². The molecule has 138 valence electrons. The fourth-order valence-corrected chi connectivity index (χ4v) is 3.59. The molecule has 1 aromatic rings. The summed E-state index contributed by atoms with van der Waals surface area (Å²) in [6, 6.07) is 2.67. The Bertz CT molecular complexity index is 806. The number of thioether (sulfide) groups is 1. The zero-order valence-corrected chi connectivity index (χ0v) is 15.1. The first-order chi connectivity index (χ1) is 12.2. The molecule has 26 heavy (non-hydrogen) atoms. The molecule has 8 nitrogen and oxygen atoms in total. The summed E-state index contributed by atoms with van der Waals surface area (Å²) in [5, 5.41) is 31.6. The predicted octanol–water partition coefficient (Wildman–Crippen LogP) is -0.749. The Balaban J connectivity index is 2.33. The quantitative estimate of drug-likeness (QED) is 0.468. The van der Waals surface area contributed by atoms with Gasteiger partial charge in [0.1, 0.15) is 4.32 Å². The second kappa shape index (κ2) is 8.19. The molecule has 0 spiro atoms. The summed E-state index contributed by atoms with van der Waals surface area (Å²) in [6.45, 7) is 2.07. The van der Waals surface area contributed by atoms with E-state index in [1.165, 1.54) is 24.3 Å². The zero-order chi connectivity index (χ0) is 19.4. The summed E-state index contributed by atoms with van der Waals surface area (Å²) in [7, 11) is 0. The van der Waals surface area contributed by atoms with E-state index in [2.05, 4.69) is 0 Å². The number of nitrogens with zero attached hydrogens (tertiary/aromatic N) is 1. The lowest BCUT2D eigenvalue weighted by molar-refractivity contribution is -0.319. The number of carboxylic acids is 2. The molecule has 1 atom stereocenters. The molecule has 10 heteroatoms. The van der Waals surface area contributed by atoms with Crippen LogP contribution in [-0.4, -0.2) is 44.8 Å². The lowest BCUT2D eigenvalue weighted by atomic mass is 10.1. The van der Waals surface area contributed by atoms with E-state index in [1.54, 1.807) is 6.92 Å². The van der Waals surface area contributed by atoms with Crippen molar-refractivity contribution >= 4 is 52.2 Å². The average Bonchev–Trinajstić information content (AvgIpc) is 2.82. The molecule has 0 saturated carbocycles. The number of hydrogen-bond donors (Lipinski definition) is 1. The van der Waals surface area contributed by atoms with Crippen molar-refractivity contribution in [1.29, 1.82) is 0 Å². The van der Waals surface area contributed by atoms with Gasteiger partial charge in [-0.05, 0) is 30.7 Å². The van der Waals surface area contributed by atoms with Crippen LogP contribution in [0.4, 0.5) is 0 Å². The van der Waals surface area contributed by atoms with Gasteiger partial charge in [0.05, 0.1) is 23.5 Å². The van der Waals surface area contributed by atoms with Gasteiger partial charge in [-0.1, -0.05) is 30.0 Å². The van der Waals surface area contributed by atoms with E-state index >= 15 is 0 Å². The summed E-state index contributed by atoms with van der Waals surface area (Å²) in [5.41, 5.74) is 0.511. The summed E-state index contributed by atoms with van der Waals surface area (Å²) >= 11 is 5.84. The molecule has 1 amide bonds. The molecule has 0 aliphatic carbocycles. The van der Waals surface area contributed by atoms with Gasteiger partial charge < -0.3 is 29.6 Å². The third-order valence-electron chi connectivity index (χ3n) is 3.35. The number of carboxylic acid groups (broad SMARTS) is 2. The summed E-state index contributed by atoms with van der Waals surface area (Å²) < 4.78 is 5.16. The van der Waals surface area contributed by atoms with Crippen LogP contribution in [0.5, 0.6) is 11.5 Å². The van der Waals surface area contributed by atoms with Gasteiger partial charge in [-0.2, -0.15) is 0 Å². The van der Waals surface area contributed by atoms with Crippen LogP contribution in [0.3, 0.4) is 0 Å². The average molecular weight is 395 g/mol. The maximum Gasteiger partial charge on any atom is 0.266 e. The number of ether oxygens (including phenoxy) is 1. The molecule has 1 heterocycles. The highest BCUT2D eigenvalue weighted by Gasteiger charge is 2.37. The first-order valence-corrected chi connectivity index (χ1v) is 8.60. The Morgan fingerprint density at radius 3 is 2.69 bits per heavy atom. The van der Waals surface area contributed by atoms with E-state index in [1.807, 2.05) is 0 Å². The molecule has 1 aliphatic heterocycles. The first kappa shape index (κ1) is 19.7. The van der Waals surface area contributed by atoms with Crippen molar-refractivity contribution in [3.63, 3.8) is 0 Å². The van der Waals surface area contributed by atoms with E-state index in [9.17, 15) is 29.7 Å². The largest absolute Gasteiger partial charge is 0.550 e. The second-order valence-electron chi connectivity index (χ2n) is 5.12. The Kier molecular flexibility index (Phi) is 6.22. The highest BCUT2D eigenvalue weighted by Crippen LogP contribution is 2.35. The molecule has 1 aromatic carbocycles. The lowest BCUT2D eigenvalue weighted by Gasteiger charge is -2.27. The molecule has 0 unspecified atom stereocenters. The van der Waals surface area contributed by atoms with Crippen LogP contribution in [0, 0.1) is 0 Å². The van der Waals surface area contributed by atoms with Crippen LogP contribution in [0.25, 0.3) is 6.08 Å². The van der Waals surface area contributed by atoms with Crippen molar-refractivity contribution in [2.45, 2.75) is 19.4 Å². The topological polar surface area (TPSA) is 130 Å². The summed E-state index contributed by atoms with van der Waals surface area (Å²) in [4.78, 5) is 35.2. The molecule has 0 aromatic heterocycles. The molecule has 2 rings (SSSR count). The molecular weight excluding hydrogens is 382 g/mol. The molecule has 0 bridgehead atoms. The summed E-state index contributed by atoms with van der Waals surface area (Å²) in [5.74, 6) is -3.97. The number of phenols is 1. The third kappa shape index (κ3) is 4.33. The van der Waals surface area contributed by atoms with Crippen molar-refractivity contribution in [3.8, 4) is 11.5 Å². The van der Waals surface area contributed by atoms with Gasteiger partial charge in [0, 0.05) is 12.4 Å². The molecule has 1 fully saturated rings. The number of carbonyl (C=O) groups is 3. The molecule has 0 radical (unpaired) electrons. The second-order valence-corrected chi connectivity index (χ2v) is 6.80. The highest BCUT2D eigenvalue weighted by atomic mass is 32.2. The maximum absolute atomic E-state index is 12.5. The van der Waals surface area contributed by atoms with Gasteiger partial charge in [-0.25, -0.2) is 0 Å². The Hall–Kier alpha value is -2.59. The minimum atomic E-state index is -1.75. The van der Waals surface area contributed by atoms with Gasteiger partial charge >= 0.3 is 0 Å². The van der Waals surface area contributed by atoms with Gasteiger partial charge in [-0.3, -0.25) is 9.69 Å². The SMILES string of the molecule is CCOc1cc(/C=C2\SC(=S)N([C@H](CC(=O)[O-])C(=O)[O-])C2=O)ccc1O. The molecule has 1 saturated heterocycles. The number of aliphatic carboxylic acids is 2. The predicted molar refractivity (Wildman–Crippen MR) is 92.7 cm³/mol. The molecular formula is C16H13NO7S2-2. The van der Waals surface area contributed by atoms with E-state index in [0.29, 0.717) is 17.1 Å². The fourth-order valence-electron chi connectivity index (χ4n) is 2.23. The standard InChI is InChI=1S/C16H15NO7S2/c1-2-24-11-5-8(3-4-10(11)18)6-12-14(21)17(16(25)26-12)9(15(22)23)7-13(19)20/h3-6,9,18H,2,7H2,1H3,(H,19,20)(H,22,23)/p-2/b12-6-/t9-/m1/s1. The number of benzene rings is 1. The summed E-state index contributed by atoms with van der Waals surface area (Å²) in [6.07, 6.45) is 0.502. The smallest absolute Gasteiger partial charge is 0.266 e. The van der Waals surface area contributed by atoms with Crippen molar-refractivity contribution < 1.29 is 34.4 Å². The number of carbonyl (C=O) groups excluding carboxylic acids is 3. The van der Waals surface area contributed by atoms with Gasteiger partial charge in [0.2, 0.25) is 0 Å². The highest BCUT2D eigenvalue weighted by molar-refractivity contribution is 8.26. The molecule has 1 N–H and O–H groups in total. The van der Waals surface area contributed by atoms with Gasteiger partial charge in [-0.15, -0.1) is 0 Å². The normalized spacial score (nSPS) is 16.8. The van der Waals surface area contributed by atoms with Crippen molar-refractivity contribution in [1.82, 2.24) is 4.90 Å². The minimum absolute atomic E-state index is 0.0671. The monoisotopic (exact) mass is 395 g/mol. The number of aromatic hydroxyl groups is 1. The van der Waals surface area contributed by atoms with Gasteiger partial charge in [0.25, 0.3) is 5.91 Å². The van der Waals surface area contributed by atoms with Crippen LogP contribution in [0.1, 0.15) is 18.9 Å². The van der Waals surface area contributed by atoms with Gasteiger partial charge in [0.15, 0.2) is 11.5 Å². The Morgan fingerprint density at radius 1 is 1.42 bits per heavy atom. The van der Waals surface area contributed by atoms with Crippen molar-refractivity contribution in [3.05, 3.63) is 28.7 Å². The van der Waals surface area contributed by atoms with E-state index < -0.39 is 30.3 Å². The van der Waals surface area contributed by atoms with Crippen LogP contribution in [-0.2, 0) is 14.4 Å². The van der Waals surface area contributed by atoms with Crippen LogP contribution < -0.4 is 14.9 Å². The van der Waals surface area contributed by atoms with Crippen LogP contribution >= 0.6 is 24.0 Å². The Morgan fingerprint density at radius 2 is 2.12 bits per heavy atom. The number of amides is 1. The van der Waals surface area contributed by atoms with Crippen LogP contribution in [0.15, 0.2) is 23.1 Å². The van der Waals surface area contributed by atoms with Crippen molar-refractivity contribution in [2.24, 2.45) is 0 Å². The van der Waals surface area contributed by atoms with E-state index in [-0.39, 0.29) is 20.7 Å². The number of phenolic OH excluding ortho intramolecular Hbond substituents is 1.